The van der Waals surface area contributed by atoms with Gasteiger partial charge in [0.25, 0.3) is 0 Å². The van der Waals surface area contributed by atoms with E-state index in [1.165, 1.54) is 18.4 Å². The lowest BCUT2D eigenvalue weighted by Crippen LogP contribution is -2.42. The largest absolute Gasteiger partial charge is 0.497 e. The molecule has 3 rings (SSSR count). The fourth-order valence-corrected chi connectivity index (χ4v) is 3.57. The molecule has 1 aliphatic heterocycles. The molecule has 2 heterocycles. The standard InChI is InChI=1S/C22H31N5O2/c1-23-22(25-15-17-6-11-21(29-3)24-14-17)26-16-20(27-12-4-5-13-27)18-7-9-19(28-2)10-8-18/h6-11,14,20H,4-5,12-13,15-16H2,1-3H3,(H2,23,25,26). The first-order chi connectivity index (χ1) is 14.2. The fraction of sp³-hybridized carbons (Fsp3) is 0.455. The number of hydrogen-bond donors (Lipinski definition) is 2. The van der Waals surface area contributed by atoms with Gasteiger partial charge in [0.15, 0.2) is 5.96 Å². The highest BCUT2D eigenvalue weighted by molar-refractivity contribution is 5.79. The first-order valence-corrected chi connectivity index (χ1v) is 10.0. The van der Waals surface area contributed by atoms with E-state index in [-0.39, 0.29) is 0 Å². The van der Waals surface area contributed by atoms with Crippen molar-refractivity contribution < 1.29 is 9.47 Å². The molecule has 1 aromatic carbocycles. The molecule has 29 heavy (non-hydrogen) atoms. The molecule has 156 valence electrons. The molecule has 0 radical (unpaired) electrons. The van der Waals surface area contributed by atoms with Gasteiger partial charge in [0.1, 0.15) is 5.75 Å². The van der Waals surface area contributed by atoms with Gasteiger partial charge in [0.2, 0.25) is 5.88 Å². The summed E-state index contributed by atoms with van der Waals surface area (Å²) in [7, 11) is 5.11. The van der Waals surface area contributed by atoms with E-state index in [0.717, 1.165) is 36.9 Å². The second-order valence-electron chi connectivity index (χ2n) is 7.05. The summed E-state index contributed by atoms with van der Waals surface area (Å²) in [6.45, 7) is 3.68. The van der Waals surface area contributed by atoms with Crippen LogP contribution in [0.2, 0.25) is 0 Å². The zero-order chi connectivity index (χ0) is 20.5. The summed E-state index contributed by atoms with van der Waals surface area (Å²) in [5, 5.41) is 6.85. The number of aromatic nitrogens is 1. The first-order valence-electron chi connectivity index (χ1n) is 10.0. The Morgan fingerprint density at radius 2 is 1.83 bits per heavy atom. The van der Waals surface area contributed by atoms with E-state index < -0.39 is 0 Å². The fourth-order valence-electron chi connectivity index (χ4n) is 3.57. The van der Waals surface area contributed by atoms with Crippen LogP contribution in [0.25, 0.3) is 0 Å². The van der Waals surface area contributed by atoms with Crippen LogP contribution in [-0.4, -0.2) is 56.7 Å². The molecular formula is C22H31N5O2. The maximum atomic E-state index is 5.31. The predicted octanol–water partition coefficient (Wildman–Crippen LogP) is 2.60. The Balaban J connectivity index is 1.60. The first kappa shape index (κ1) is 20.9. The third-order valence-electron chi connectivity index (χ3n) is 5.24. The molecule has 1 saturated heterocycles. The number of nitrogens with zero attached hydrogens (tertiary/aromatic N) is 3. The van der Waals surface area contributed by atoms with Crippen molar-refractivity contribution in [3.63, 3.8) is 0 Å². The van der Waals surface area contributed by atoms with Gasteiger partial charge in [-0.25, -0.2) is 4.98 Å². The monoisotopic (exact) mass is 397 g/mol. The van der Waals surface area contributed by atoms with Crippen LogP contribution in [0, 0.1) is 0 Å². The molecule has 0 amide bonds. The summed E-state index contributed by atoms with van der Waals surface area (Å²) in [6.07, 6.45) is 4.32. The minimum absolute atomic E-state index is 0.296. The molecule has 0 saturated carbocycles. The average Bonchev–Trinajstić information content (AvgIpc) is 3.31. The van der Waals surface area contributed by atoms with Crippen molar-refractivity contribution in [3.05, 3.63) is 53.7 Å². The zero-order valence-electron chi connectivity index (χ0n) is 17.5. The van der Waals surface area contributed by atoms with E-state index in [2.05, 4.69) is 37.6 Å². The molecule has 1 aliphatic rings. The number of hydrogen-bond acceptors (Lipinski definition) is 5. The summed E-state index contributed by atoms with van der Waals surface area (Å²) in [5.74, 6) is 2.27. The average molecular weight is 398 g/mol. The van der Waals surface area contributed by atoms with Crippen molar-refractivity contribution in [2.24, 2.45) is 4.99 Å². The Bertz CT molecular complexity index is 771. The van der Waals surface area contributed by atoms with Gasteiger partial charge in [-0.3, -0.25) is 9.89 Å². The third kappa shape index (κ3) is 5.84. The van der Waals surface area contributed by atoms with Crippen LogP contribution in [0.5, 0.6) is 11.6 Å². The molecule has 1 fully saturated rings. The lowest BCUT2D eigenvalue weighted by atomic mass is 10.1. The SMILES string of the molecule is CN=C(NCc1ccc(OC)nc1)NCC(c1ccc(OC)cc1)N1CCCC1. The van der Waals surface area contributed by atoms with Crippen LogP contribution < -0.4 is 20.1 Å². The lowest BCUT2D eigenvalue weighted by Gasteiger charge is -2.29. The molecule has 7 nitrogen and oxygen atoms in total. The number of likely N-dealkylation sites (tertiary alicyclic amines) is 1. The van der Waals surface area contributed by atoms with Crippen molar-refractivity contribution in [1.82, 2.24) is 20.5 Å². The maximum absolute atomic E-state index is 5.31. The van der Waals surface area contributed by atoms with Crippen molar-refractivity contribution in [3.8, 4) is 11.6 Å². The van der Waals surface area contributed by atoms with Gasteiger partial charge in [-0.1, -0.05) is 18.2 Å². The van der Waals surface area contributed by atoms with Crippen molar-refractivity contribution >= 4 is 5.96 Å². The number of benzene rings is 1. The molecule has 1 atom stereocenters. The number of nitrogens with one attached hydrogen (secondary N) is 2. The maximum Gasteiger partial charge on any atom is 0.212 e. The molecule has 0 aliphatic carbocycles. The number of ether oxygens (including phenoxy) is 2. The Morgan fingerprint density at radius 1 is 1.07 bits per heavy atom. The molecule has 1 unspecified atom stereocenters. The zero-order valence-corrected chi connectivity index (χ0v) is 17.5. The number of rotatable bonds is 8. The van der Waals surface area contributed by atoms with Crippen molar-refractivity contribution in [2.75, 3.05) is 40.9 Å². The van der Waals surface area contributed by atoms with Crippen molar-refractivity contribution in [1.29, 1.82) is 0 Å². The molecule has 0 bridgehead atoms. The van der Waals surface area contributed by atoms with Crippen molar-refractivity contribution in [2.45, 2.75) is 25.4 Å². The topological polar surface area (TPSA) is 71.0 Å². The number of methoxy groups -OCH3 is 2. The van der Waals surface area contributed by atoms with Crippen LogP contribution >= 0.6 is 0 Å². The van der Waals surface area contributed by atoms with E-state index in [1.807, 2.05) is 30.5 Å². The quantitative estimate of drug-likeness (QED) is 0.527. The summed E-state index contributed by atoms with van der Waals surface area (Å²) >= 11 is 0. The van der Waals surface area contributed by atoms with E-state index in [1.54, 1.807) is 21.3 Å². The Kier molecular flexibility index (Phi) is 7.69. The van der Waals surface area contributed by atoms with E-state index in [0.29, 0.717) is 18.5 Å². The van der Waals surface area contributed by atoms with Crippen LogP contribution in [0.15, 0.2) is 47.6 Å². The Morgan fingerprint density at radius 3 is 2.41 bits per heavy atom. The van der Waals surface area contributed by atoms with Gasteiger partial charge in [0.05, 0.1) is 20.3 Å². The van der Waals surface area contributed by atoms with Gasteiger partial charge >= 0.3 is 0 Å². The second kappa shape index (κ2) is 10.7. The van der Waals surface area contributed by atoms with Gasteiger partial charge in [0, 0.05) is 32.4 Å². The van der Waals surface area contributed by atoms with Gasteiger partial charge in [-0.2, -0.15) is 0 Å². The van der Waals surface area contributed by atoms with E-state index >= 15 is 0 Å². The highest BCUT2D eigenvalue weighted by Crippen LogP contribution is 2.26. The van der Waals surface area contributed by atoms with Gasteiger partial charge in [-0.15, -0.1) is 0 Å². The number of aliphatic imine (C=N–C) groups is 1. The summed E-state index contributed by atoms with van der Waals surface area (Å²) < 4.78 is 10.4. The minimum atomic E-state index is 0.296. The van der Waals surface area contributed by atoms with E-state index in [4.69, 9.17) is 9.47 Å². The molecule has 2 N–H and O–H groups in total. The van der Waals surface area contributed by atoms with Gasteiger partial charge < -0.3 is 20.1 Å². The van der Waals surface area contributed by atoms with E-state index in [9.17, 15) is 0 Å². The summed E-state index contributed by atoms with van der Waals surface area (Å²) in [6, 6.07) is 12.5. The third-order valence-corrected chi connectivity index (χ3v) is 5.24. The number of pyridine rings is 1. The normalized spacial score (nSPS) is 15.8. The predicted molar refractivity (Wildman–Crippen MR) is 116 cm³/mol. The molecule has 0 spiro atoms. The number of guanidine groups is 1. The molecule has 1 aromatic heterocycles. The van der Waals surface area contributed by atoms with Crippen LogP contribution in [0.1, 0.15) is 30.0 Å². The highest BCUT2D eigenvalue weighted by Gasteiger charge is 2.23. The second-order valence-corrected chi connectivity index (χ2v) is 7.05. The smallest absolute Gasteiger partial charge is 0.212 e. The Hall–Kier alpha value is -2.80. The Labute approximate surface area is 173 Å². The van der Waals surface area contributed by atoms with Crippen LogP contribution in [-0.2, 0) is 6.54 Å². The molecule has 7 heteroatoms. The minimum Gasteiger partial charge on any atom is -0.497 e. The highest BCUT2D eigenvalue weighted by atomic mass is 16.5. The summed E-state index contributed by atoms with van der Waals surface area (Å²) in [5.41, 5.74) is 2.36. The van der Waals surface area contributed by atoms with Crippen LogP contribution in [0.4, 0.5) is 0 Å². The lowest BCUT2D eigenvalue weighted by molar-refractivity contribution is 0.245. The summed E-state index contributed by atoms with van der Waals surface area (Å²) in [4.78, 5) is 11.1. The van der Waals surface area contributed by atoms with Gasteiger partial charge in [-0.05, 0) is 49.2 Å². The molecular weight excluding hydrogens is 366 g/mol. The van der Waals surface area contributed by atoms with Crippen LogP contribution in [0.3, 0.4) is 0 Å². The molecule has 2 aromatic rings.